The molecule has 0 aliphatic heterocycles. The Morgan fingerprint density at radius 2 is 2.00 bits per heavy atom. The topological polar surface area (TPSA) is 28.7 Å². The van der Waals surface area contributed by atoms with Crippen molar-refractivity contribution >= 4 is 20.3 Å². The predicted molar refractivity (Wildman–Crippen MR) is 30.3 cm³/mol. The molecule has 2 nitrogen and oxygen atoms in total. The molecule has 0 bridgehead atoms. The molecule has 9 heavy (non-hydrogen) atoms. The molecule has 0 amide bonds. The van der Waals surface area contributed by atoms with Crippen molar-refractivity contribution in [1.82, 2.24) is 9.97 Å². The first-order valence-corrected chi connectivity index (χ1v) is 4.54. The van der Waals surface area contributed by atoms with Crippen LogP contribution in [0.15, 0.2) is 18.7 Å². The third-order valence-corrected chi connectivity index (χ3v) is 0.406. The van der Waals surface area contributed by atoms with Gasteiger partial charge in [-0.15, -0.1) is 0 Å². The van der Waals surface area contributed by atoms with Crippen molar-refractivity contribution in [3.8, 4) is 0 Å². The second kappa shape index (κ2) is 11.6. The Kier molecular flexibility index (Phi) is 16.0. The van der Waals surface area contributed by atoms with Gasteiger partial charge in [0.2, 0.25) is 0 Å². The summed E-state index contributed by atoms with van der Waals surface area (Å²) in [5.41, 5.74) is 0. The fourth-order valence-electron chi connectivity index (χ4n) is 0.215. The number of hydrogen-bond donors (Lipinski definition) is 1. The van der Waals surface area contributed by atoms with Gasteiger partial charge < -0.3 is 22.0 Å². The Labute approximate surface area is 78.6 Å². The first-order valence-electron chi connectivity index (χ1n) is 1.68. The molecule has 0 fully saturated rings. The number of halogens is 3. The summed E-state index contributed by atoms with van der Waals surface area (Å²) >= 11 is 0.382. The Hall–Kier alpha value is 0.776. The van der Waals surface area contributed by atoms with E-state index in [1.54, 1.807) is 18.7 Å². The second-order valence-corrected chi connectivity index (χ2v) is 2.53. The standard InChI is InChI=1S/C3H4N2.BrH.2ClH.Co/c1-2-5-3-4-1;;;;/h1-3H,(H,4,5);3*1H;/q;;;;+3/p-3. The van der Waals surface area contributed by atoms with E-state index in [0.717, 1.165) is 0 Å². The van der Waals surface area contributed by atoms with Gasteiger partial charge in [0.05, 0.1) is 6.33 Å². The zero-order valence-electron chi connectivity index (χ0n) is 4.15. The predicted octanol–water partition coefficient (Wildman–Crippen LogP) is -1.21. The average molecular weight is 278 g/mol. The molecule has 0 aromatic carbocycles. The number of rotatable bonds is 0. The van der Waals surface area contributed by atoms with E-state index >= 15 is 0 Å². The van der Waals surface area contributed by atoms with Crippen molar-refractivity contribution in [3.63, 3.8) is 0 Å². The van der Waals surface area contributed by atoms with E-state index < -0.39 is 0 Å². The van der Waals surface area contributed by atoms with Gasteiger partial charge in [0, 0.05) is 12.4 Å². The van der Waals surface area contributed by atoms with Crippen molar-refractivity contribution < 1.29 is 29.9 Å². The zero-order chi connectivity index (χ0) is 6.24. The number of nitrogens with zero attached hydrogens (tertiary/aromatic N) is 1. The number of hydrogen-bond acceptors (Lipinski definition) is 1. The zero-order valence-corrected chi connectivity index (χ0v) is 8.29. The van der Waals surface area contributed by atoms with Crippen LogP contribution >= 0.6 is 20.3 Å². The quantitative estimate of drug-likeness (QED) is 0.634. The number of imidazole rings is 1. The van der Waals surface area contributed by atoms with Crippen LogP contribution in [-0.2, 0) is 12.9 Å². The van der Waals surface area contributed by atoms with Crippen LogP contribution in [0.1, 0.15) is 0 Å². The maximum atomic E-state index is 4.73. The molecule has 0 aliphatic rings. The van der Waals surface area contributed by atoms with Crippen LogP contribution in [0.3, 0.4) is 0 Å². The van der Waals surface area contributed by atoms with Gasteiger partial charge in [-0.1, -0.05) is 0 Å². The molecule has 1 heterocycles. The van der Waals surface area contributed by atoms with Crippen molar-refractivity contribution in [1.29, 1.82) is 0 Å². The van der Waals surface area contributed by atoms with Gasteiger partial charge in [-0.3, -0.25) is 0 Å². The molecule has 0 atom stereocenters. The average Bonchev–Trinajstić information content (AvgIpc) is 2.17. The summed E-state index contributed by atoms with van der Waals surface area (Å²) in [7, 11) is 9.47. The fourth-order valence-corrected chi connectivity index (χ4v) is 0.215. The summed E-state index contributed by atoms with van der Waals surface area (Å²) < 4.78 is 0. The van der Waals surface area contributed by atoms with Crippen LogP contribution in [0.2, 0.25) is 0 Å². The van der Waals surface area contributed by atoms with Crippen molar-refractivity contribution in [2.24, 2.45) is 0 Å². The maximum Gasteiger partial charge on any atom is 0.0919 e. The molecule has 1 aromatic rings. The summed E-state index contributed by atoms with van der Waals surface area (Å²) in [6.07, 6.45) is 5.08. The molecule has 0 aliphatic carbocycles. The summed E-state index contributed by atoms with van der Waals surface area (Å²) in [6, 6.07) is 0. The molecule has 0 radical (unpaired) electrons. The summed E-state index contributed by atoms with van der Waals surface area (Å²) in [6.45, 7) is 0. The van der Waals surface area contributed by atoms with E-state index in [2.05, 4.69) is 9.97 Å². The minimum absolute atomic E-state index is 0. The van der Waals surface area contributed by atoms with Gasteiger partial charge in [-0.05, 0) is 0 Å². The molecule has 0 spiro atoms. The smallest absolute Gasteiger partial charge is 0.0919 e. The largest absolute Gasteiger partial charge is 0.351 e. The van der Waals surface area contributed by atoms with Crippen molar-refractivity contribution in [2.45, 2.75) is 0 Å². The minimum Gasteiger partial charge on any atom is -0.351 e. The minimum atomic E-state index is 0. The van der Waals surface area contributed by atoms with Crippen molar-refractivity contribution in [3.05, 3.63) is 18.7 Å². The molecule has 1 N–H and O–H groups in total. The summed E-state index contributed by atoms with van der Waals surface area (Å²) in [5, 5.41) is 0. The van der Waals surface area contributed by atoms with Gasteiger partial charge in [-0.2, -0.15) is 0 Å². The second-order valence-electron chi connectivity index (χ2n) is 0.808. The molecular formula is C3H4BrCl2CoN2. The monoisotopic (exact) mass is 276 g/mol. The van der Waals surface area contributed by atoms with E-state index in [9.17, 15) is 0 Å². The van der Waals surface area contributed by atoms with Gasteiger partial charge in [0.15, 0.2) is 0 Å². The molecule has 1 rings (SSSR count). The molecule has 0 saturated heterocycles. The van der Waals surface area contributed by atoms with Gasteiger partial charge in [-0.25, -0.2) is 4.98 Å². The van der Waals surface area contributed by atoms with Crippen LogP contribution in [0.25, 0.3) is 0 Å². The van der Waals surface area contributed by atoms with E-state index in [-0.39, 0.29) is 17.0 Å². The van der Waals surface area contributed by atoms with Gasteiger partial charge >= 0.3 is 33.2 Å². The number of nitrogens with one attached hydrogen (secondary N) is 1. The first-order chi connectivity index (χ1) is 3.91. The van der Waals surface area contributed by atoms with Crippen LogP contribution in [0.4, 0.5) is 0 Å². The van der Waals surface area contributed by atoms with Crippen LogP contribution < -0.4 is 17.0 Å². The maximum absolute atomic E-state index is 4.73. The van der Waals surface area contributed by atoms with E-state index in [1.807, 2.05) is 0 Å². The molecule has 0 unspecified atom stereocenters. The fraction of sp³-hybridized carbons (Fsp3) is 0. The van der Waals surface area contributed by atoms with Crippen LogP contribution in [0, 0.1) is 0 Å². The molecule has 1 aromatic heterocycles. The van der Waals surface area contributed by atoms with E-state index in [0.29, 0.717) is 12.9 Å². The SMILES string of the molecule is [Br-].[Cl][Co+][Cl].c1c[nH]cn1. The number of aromatic nitrogens is 2. The molecular weight excluding hydrogens is 274 g/mol. The van der Waals surface area contributed by atoms with Crippen molar-refractivity contribution in [2.75, 3.05) is 0 Å². The molecule has 0 saturated carbocycles. The Balaban J connectivity index is 0. The van der Waals surface area contributed by atoms with Gasteiger partial charge in [0.1, 0.15) is 0 Å². The van der Waals surface area contributed by atoms with E-state index in [4.69, 9.17) is 20.3 Å². The number of H-pyrrole nitrogens is 1. The summed E-state index contributed by atoms with van der Waals surface area (Å²) in [5.74, 6) is 0. The number of aromatic amines is 1. The molecule has 56 valence electrons. The van der Waals surface area contributed by atoms with Crippen LogP contribution in [0.5, 0.6) is 0 Å². The van der Waals surface area contributed by atoms with Crippen LogP contribution in [-0.4, -0.2) is 9.97 Å². The first kappa shape index (κ1) is 12.5. The normalized spacial score (nSPS) is 6.89. The van der Waals surface area contributed by atoms with Gasteiger partial charge in [0.25, 0.3) is 0 Å². The Morgan fingerprint density at radius 3 is 2.11 bits per heavy atom. The Bertz CT molecular complexity index is 86.7. The summed E-state index contributed by atoms with van der Waals surface area (Å²) in [4.78, 5) is 6.42. The third-order valence-electron chi connectivity index (χ3n) is 0.406. The molecule has 6 heteroatoms. The van der Waals surface area contributed by atoms with E-state index in [1.165, 1.54) is 0 Å². The Morgan fingerprint density at radius 1 is 1.44 bits per heavy atom. The third kappa shape index (κ3) is 12.1.